The van der Waals surface area contributed by atoms with Crippen LogP contribution >= 0.6 is 15.9 Å². The van der Waals surface area contributed by atoms with Gasteiger partial charge in [0.25, 0.3) is 0 Å². The Bertz CT molecular complexity index is 2130. The molecule has 4 heterocycles. The van der Waals surface area contributed by atoms with E-state index in [9.17, 15) is 0 Å². The molecule has 0 radical (unpaired) electrons. The van der Waals surface area contributed by atoms with Gasteiger partial charge in [-0.05, 0) is 116 Å². The minimum Gasteiger partial charge on any atom is -0.361 e. The molecule has 3 atom stereocenters. The van der Waals surface area contributed by atoms with E-state index in [1.54, 1.807) is 0 Å². The van der Waals surface area contributed by atoms with Crippen LogP contribution < -0.4 is 0 Å². The zero-order valence-corrected chi connectivity index (χ0v) is 36.6. The number of aliphatic imine (C=N–C) groups is 1. The molecule has 0 saturated carbocycles. The first kappa shape index (κ1) is 38.9. The highest BCUT2D eigenvalue weighted by Gasteiger charge is 2.35. The van der Waals surface area contributed by atoms with Crippen LogP contribution in [0.15, 0.2) is 88.5 Å². The highest BCUT2D eigenvalue weighted by atomic mass is 79.9. The molecule has 3 aromatic heterocycles. The van der Waals surface area contributed by atoms with Gasteiger partial charge in [-0.15, -0.1) is 5.54 Å². The maximum absolute atomic E-state index is 5.07. The predicted octanol–water partition coefficient (Wildman–Crippen LogP) is 12.4. The normalized spacial score (nSPS) is 17.3. The van der Waals surface area contributed by atoms with Gasteiger partial charge < -0.3 is 15.0 Å². The lowest BCUT2D eigenvalue weighted by Crippen LogP contribution is -2.25. The van der Waals surface area contributed by atoms with Crippen molar-refractivity contribution in [3.63, 3.8) is 0 Å². The molecule has 0 spiro atoms. The molecule has 0 aliphatic carbocycles. The summed E-state index contributed by atoms with van der Waals surface area (Å²) in [5.41, 5.74) is 17.1. The first-order valence-corrected chi connectivity index (χ1v) is 23.5. The molecule has 6 rings (SSSR count). The second kappa shape index (κ2) is 14.5. The van der Waals surface area contributed by atoms with Crippen molar-refractivity contribution in [3.8, 4) is 11.5 Å². The zero-order chi connectivity index (χ0) is 38.5. The lowest BCUT2D eigenvalue weighted by Gasteiger charge is -2.28. The molecule has 3 N–H and O–H groups in total. The van der Waals surface area contributed by atoms with Crippen LogP contribution in [0.25, 0.3) is 0 Å². The van der Waals surface area contributed by atoms with Crippen LogP contribution in [0.1, 0.15) is 137 Å². The summed E-state index contributed by atoms with van der Waals surface area (Å²) in [5.74, 6) is 3.40. The Morgan fingerprint density at radius 2 is 1.26 bits per heavy atom. The smallest absolute Gasteiger partial charge is 0.129 e. The molecule has 0 fully saturated rings. The third-order valence-corrected chi connectivity index (χ3v) is 12.0. The van der Waals surface area contributed by atoms with Gasteiger partial charge >= 0.3 is 0 Å². The van der Waals surface area contributed by atoms with Crippen LogP contribution in [0.3, 0.4) is 0 Å². The third kappa shape index (κ3) is 9.12. The summed E-state index contributed by atoms with van der Waals surface area (Å²) in [7, 11) is -1.47. The summed E-state index contributed by atoms with van der Waals surface area (Å²) in [6.07, 6.45) is 1.96. The molecular weight excluding hydrogens is 729 g/mol. The van der Waals surface area contributed by atoms with Gasteiger partial charge in [0.2, 0.25) is 0 Å². The molecule has 0 amide bonds. The van der Waals surface area contributed by atoms with Crippen molar-refractivity contribution in [2.45, 2.75) is 124 Å². The first-order valence-electron chi connectivity index (χ1n) is 19.2. The quantitative estimate of drug-likeness (QED) is 0.104. The topological polar surface area (TPSA) is 59.7 Å². The summed E-state index contributed by atoms with van der Waals surface area (Å²) in [4.78, 5) is 16.6. The Balaban J connectivity index is 1.47. The van der Waals surface area contributed by atoms with E-state index in [0.29, 0.717) is 0 Å². The number of nitrogens with zero attached hydrogens (tertiary/aromatic N) is 1. The van der Waals surface area contributed by atoms with Crippen LogP contribution in [-0.4, -0.2) is 34.8 Å². The molecule has 5 aromatic rings. The largest absolute Gasteiger partial charge is 0.361 e. The molecule has 0 saturated heterocycles. The number of hydrogen-bond acceptors (Lipinski definition) is 1. The monoisotopic (exact) mass is 786 g/mol. The second-order valence-corrected chi connectivity index (χ2v) is 24.8. The van der Waals surface area contributed by atoms with Gasteiger partial charge in [-0.3, -0.25) is 4.99 Å². The van der Waals surface area contributed by atoms with Gasteiger partial charge in [-0.1, -0.05) is 111 Å². The van der Waals surface area contributed by atoms with Crippen molar-refractivity contribution in [3.05, 3.63) is 140 Å². The summed E-state index contributed by atoms with van der Waals surface area (Å²) < 4.78 is 0.970. The van der Waals surface area contributed by atoms with Crippen molar-refractivity contribution in [1.82, 2.24) is 15.0 Å². The van der Waals surface area contributed by atoms with E-state index in [2.05, 4.69) is 203 Å². The minimum absolute atomic E-state index is 0.00395. The standard InChI is InChI=1S/C47H59BrN4Si/c1-30-29-47(8,9)41(49-30)28-36-17-18-37(50-36)44(33-25-34(45(2,3)4)27-35(26-33)46(5,6)7)39-20-19-38(51-39)43(40-21-22-42(48)52-40)32-15-13-31(14-16-32)23-24-53(10,11)12/h13-22,25-27,41,43-44,50-52H,28-29H2,1-12H3. The predicted molar refractivity (Wildman–Crippen MR) is 231 cm³/mol. The highest BCUT2D eigenvalue weighted by Crippen LogP contribution is 2.41. The summed E-state index contributed by atoms with van der Waals surface area (Å²) >= 11 is 3.68. The molecule has 6 heteroatoms. The van der Waals surface area contributed by atoms with E-state index in [4.69, 9.17) is 4.99 Å². The fourth-order valence-electron chi connectivity index (χ4n) is 7.62. The summed E-state index contributed by atoms with van der Waals surface area (Å²) in [5, 5.41) is 0. The number of aromatic nitrogens is 3. The molecule has 0 bridgehead atoms. The molecule has 2 aromatic carbocycles. The maximum atomic E-state index is 5.07. The highest BCUT2D eigenvalue weighted by molar-refractivity contribution is 9.10. The molecule has 53 heavy (non-hydrogen) atoms. The zero-order valence-electron chi connectivity index (χ0n) is 34.0. The molecule has 3 unspecified atom stereocenters. The number of benzene rings is 2. The van der Waals surface area contributed by atoms with E-state index in [-0.39, 0.29) is 34.1 Å². The summed E-state index contributed by atoms with van der Waals surface area (Å²) in [6, 6.07) is 29.8. The fraction of sp³-hybridized carbons (Fsp3) is 0.426. The Kier molecular flexibility index (Phi) is 10.6. The van der Waals surface area contributed by atoms with E-state index in [1.165, 1.54) is 45.0 Å². The van der Waals surface area contributed by atoms with E-state index in [1.807, 2.05) is 0 Å². The van der Waals surface area contributed by atoms with Gasteiger partial charge in [0.05, 0.1) is 22.5 Å². The van der Waals surface area contributed by atoms with Gasteiger partial charge in [-0.25, -0.2) is 0 Å². The first-order chi connectivity index (χ1) is 24.7. The Labute approximate surface area is 328 Å². The number of rotatable bonds is 8. The molecule has 1 aliphatic rings. The fourth-order valence-corrected chi connectivity index (χ4v) is 8.50. The Morgan fingerprint density at radius 1 is 0.736 bits per heavy atom. The Hall–Kier alpha value is -3.79. The van der Waals surface area contributed by atoms with Crippen molar-refractivity contribution in [2.24, 2.45) is 10.4 Å². The number of aromatic amines is 3. The molecule has 1 aliphatic heterocycles. The summed E-state index contributed by atoms with van der Waals surface area (Å²) in [6.45, 7) is 27.6. The van der Waals surface area contributed by atoms with Gasteiger partial charge in [-0.2, -0.15) is 0 Å². The van der Waals surface area contributed by atoms with E-state index < -0.39 is 8.07 Å². The second-order valence-electron chi connectivity index (χ2n) is 19.2. The van der Waals surface area contributed by atoms with Gasteiger partial charge in [0.15, 0.2) is 0 Å². The average Bonchev–Trinajstić information content (AvgIpc) is 3.85. The van der Waals surface area contributed by atoms with Crippen LogP contribution in [0.2, 0.25) is 19.6 Å². The molecule has 278 valence electrons. The number of H-pyrrole nitrogens is 3. The number of nitrogens with one attached hydrogen (secondary N) is 3. The SMILES string of the molecule is CC1=NC(Cc2ccc(C(c3cc(C(C)(C)C)cc(C(C)(C)C)c3)c3ccc(C(c4ccc(C#C[Si](C)(C)C)cc4)c4ccc(Br)[nH]4)[nH]3)[nH]2)C(C)(C)C1. The van der Waals surface area contributed by atoms with Gasteiger partial charge in [0.1, 0.15) is 8.07 Å². The third-order valence-electron chi connectivity index (χ3n) is 10.7. The minimum atomic E-state index is -1.47. The van der Waals surface area contributed by atoms with Crippen molar-refractivity contribution >= 4 is 29.7 Å². The molecular formula is C47H59BrN4Si. The van der Waals surface area contributed by atoms with Crippen LogP contribution in [-0.2, 0) is 17.3 Å². The molecule has 4 nitrogen and oxygen atoms in total. The van der Waals surface area contributed by atoms with E-state index in [0.717, 1.165) is 34.4 Å². The van der Waals surface area contributed by atoms with Crippen LogP contribution in [0.4, 0.5) is 0 Å². The van der Waals surface area contributed by atoms with Crippen LogP contribution in [0, 0.1) is 16.9 Å². The average molecular weight is 788 g/mol. The van der Waals surface area contributed by atoms with Crippen LogP contribution in [0.5, 0.6) is 0 Å². The van der Waals surface area contributed by atoms with E-state index >= 15 is 0 Å². The lowest BCUT2D eigenvalue weighted by molar-refractivity contribution is 0.320. The maximum Gasteiger partial charge on any atom is 0.129 e. The van der Waals surface area contributed by atoms with Crippen molar-refractivity contribution in [2.75, 3.05) is 0 Å². The van der Waals surface area contributed by atoms with Crippen molar-refractivity contribution in [1.29, 1.82) is 0 Å². The number of halogens is 1. The van der Waals surface area contributed by atoms with Gasteiger partial charge in [0, 0.05) is 46.2 Å². The number of hydrogen-bond donors (Lipinski definition) is 3. The Morgan fingerprint density at radius 3 is 1.77 bits per heavy atom. The lowest BCUT2D eigenvalue weighted by atomic mass is 9.77. The van der Waals surface area contributed by atoms with Crippen molar-refractivity contribution < 1.29 is 0 Å².